The number of nitrogens with one attached hydrogen (secondary N) is 1. The number of alkyl halides is 2. The number of ether oxygens (including phenoxy) is 3. The van der Waals surface area contributed by atoms with E-state index in [1.165, 1.54) is 4.90 Å². The number of carbonyl (C=O) groups excluding carboxylic acids is 2. The second-order valence-electron chi connectivity index (χ2n) is 16.8. The quantitative estimate of drug-likeness (QED) is 0.139. The Hall–Kier alpha value is -3.58. The lowest BCUT2D eigenvalue weighted by atomic mass is 9.89. The fourth-order valence-electron chi connectivity index (χ4n) is 6.99. The van der Waals surface area contributed by atoms with E-state index < -0.39 is 56.7 Å². The molecule has 3 heterocycles. The van der Waals surface area contributed by atoms with Crippen molar-refractivity contribution in [1.82, 2.24) is 24.8 Å². The second kappa shape index (κ2) is 14.8. The van der Waals surface area contributed by atoms with E-state index in [0.29, 0.717) is 41.1 Å². The van der Waals surface area contributed by atoms with Crippen LogP contribution < -0.4 is 5.32 Å². The smallest absolute Gasteiger partial charge is 0.410 e. The molecule has 2 aliphatic carbocycles. The van der Waals surface area contributed by atoms with Gasteiger partial charge in [0.2, 0.25) is 0 Å². The predicted molar refractivity (Wildman–Crippen MR) is 193 cm³/mol. The Morgan fingerprint density at radius 3 is 2.33 bits per heavy atom. The highest BCUT2D eigenvalue weighted by molar-refractivity contribution is 6.76. The summed E-state index contributed by atoms with van der Waals surface area (Å²) in [6.45, 7) is 12.9. The van der Waals surface area contributed by atoms with Gasteiger partial charge in [0, 0.05) is 34.1 Å². The third kappa shape index (κ3) is 9.85. The average Bonchev–Trinajstić information content (AvgIpc) is 3.99. The third-order valence-corrected chi connectivity index (χ3v) is 11.6. The third-order valence-electron chi connectivity index (χ3n) is 9.92. The van der Waals surface area contributed by atoms with Gasteiger partial charge in [0.25, 0.3) is 5.92 Å². The SMILES string of the molecule is CC(C)(C)OC(=O)N1CCC(F)(F)CC1c1ccc2c(n1)nc(C(NC(=O)OCc1ccccc1)C(C1CC1)C1CC1)n2COCC[Si](C)(C)C. The number of benzene rings is 1. The molecule has 13 heteroatoms. The van der Waals surface area contributed by atoms with Gasteiger partial charge in [-0.1, -0.05) is 50.0 Å². The maximum absolute atomic E-state index is 14.9. The lowest BCUT2D eigenvalue weighted by Crippen LogP contribution is -2.47. The molecule has 2 saturated carbocycles. The van der Waals surface area contributed by atoms with Crippen molar-refractivity contribution in [3.05, 3.63) is 59.5 Å². The van der Waals surface area contributed by atoms with Gasteiger partial charge in [-0.15, -0.1) is 0 Å². The summed E-state index contributed by atoms with van der Waals surface area (Å²) >= 11 is 0. The highest BCUT2D eigenvalue weighted by Crippen LogP contribution is 2.54. The van der Waals surface area contributed by atoms with Gasteiger partial charge in [0.1, 0.15) is 24.8 Å². The van der Waals surface area contributed by atoms with Gasteiger partial charge >= 0.3 is 12.2 Å². The molecule has 0 spiro atoms. The minimum Gasteiger partial charge on any atom is -0.445 e. The Morgan fingerprint density at radius 2 is 1.71 bits per heavy atom. The van der Waals surface area contributed by atoms with E-state index >= 15 is 0 Å². The number of alkyl carbamates (subject to hydrolysis) is 1. The van der Waals surface area contributed by atoms with Crippen molar-refractivity contribution in [3.63, 3.8) is 0 Å². The van der Waals surface area contributed by atoms with Crippen LogP contribution in [0, 0.1) is 17.8 Å². The number of piperidine rings is 1. The van der Waals surface area contributed by atoms with Crippen LogP contribution in [-0.4, -0.2) is 64.4 Å². The fourth-order valence-corrected chi connectivity index (χ4v) is 7.74. The van der Waals surface area contributed by atoms with E-state index in [1.54, 1.807) is 26.8 Å². The molecule has 2 atom stereocenters. The van der Waals surface area contributed by atoms with Crippen molar-refractivity contribution in [2.75, 3.05) is 13.2 Å². The molecular formula is C38H53F2N5O5Si. The number of nitrogens with zero attached hydrogens (tertiary/aromatic N) is 4. The van der Waals surface area contributed by atoms with E-state index in [0.717, 1.165) is 37.3 Å². The summed E-state index contributed by atoms with van der Waals surface area (Å²) in [6, 6.07) is 12.6. The van der Waals surface area contributed by atoms with E-state index in [4.69, 9.17) is 24.2 Å². The first kappa shape index (κ1) is 37.2. The molecule has 2 aromatic heterocycles. The Kier molecular flexibility index (Phi) is 10.8. The van der Waals surface area contributed by atoms with Gasteiger partial charge in [-0.2, -0.15) is 0 Å². The average molecular weight is 726 g/mol. The molecule has 1 aliphatic heterocycles. The zero-order valence-electron chi connectivity index (χ0n) is 30.8. The standard InChI is InChI=1S/C38H53F2N5O5Si/c1-37(2,3)50-36(47)44-19-18-38(39,40)22-30(44)28-16-17-29-33(41-28)43-34(45(29)24-48-20-21-51(4,5)6)32(31(26-12-13-26)27-14-15-27)42-35(46)49-23-25-10-8-7-9-11-25/h7-11,16-17,26-27,30-32H,12-15,18-24H2,1-6H3,(H,42,46). The van der Waals surface area contributed by atoms with Crippen LogP contribution >= 0.6 is 0 Å². The number of halogens is 2. The number of carbonyl (C=O) groups is 2. The topological polar surface area (TPSA) is 108 Å². The maximum Gasteiger partial charge on any atom is 0.410 e. The minimum atomic E-state index is -2.97. The van der Waals surface area contributed by atoms with Crippen molar-refractivity contribution in [2.45, 2.75) is 122 Å². The number of imidazole rings is 1. The molecule has 10 nitrogen and oxygen atoms in total. The molecule has 1 saturated heterocycles. The lowest BCUT2D eigenvalue weighted by Gasteiger charge is -2.39. The summed E-state index contributed by atoms with van der Waals surface area (Å²) in [5.74, 6) is -1.29. The van der Waals surface area contributed by atoms with Crippen LogP contribution in [0.4, 0.5) is 18.4 Å². The van der Waals surface area contributed by atoms with Crippen LogP contribution in [0.1, 0.15) is 88.5 Å². The van der Waals surface area contributed by atoms with Crippen LogP contribution in [0.25, 0.3) is 11.2 Å². The van der Waals surface area contributed by atoms with E-state index in [2.05, 4.69) is 25.0 Å². The Bertz CT molecular complexity index is 1670. The van der Waals surface area contributed by atoms with Crippen LogP contribution in [0.2, 0.25) is 25.7 Å². The fraction of sp³-hybridized carbons (Fsp3) is 0.632. The van der Waals surface area contributed by atoms with Crippen molar-refractivity contribution in [1.29, 1.82) is 0 Å². The van der Waals surface area contributed by atoms with E-state index in [9.17, 15) is 18.4 Å². The summed E-state index contributed by atoms with van der Waals surface area (Å²) in [5, 5.41) is 3.21. The molecule has 1 N–H and O–H groups in total. The predicted octanol–water partition coefficient (Wildman–Crippen LogP) is 8.85. The van der Waals surface area contributed by atoms with E-state index in [1.807, 2.05) is 41.0 Å². The highest BCUT2D eigenvalue weighted by Gasteiger charge is 2.49. The minimum absolute atomic E-state index is 0.137. The lowest BCUT2D eigenvalue weighted by molar-refractivity contribution is -0.0815. The summed E-state index contributed by atoms with van der Waals surface area (Å²) in [7, 11) is -1.37. The second-order valence-corrected chi connectivity index (χ2v) is 22.4. The number of pyridine rings is 1. The van der Waals surface area contributed by atoms with Gasteiger partial charge in [-0.25, -0.2) is 28.3 Å². The number of amides is 2. The molecule has 1 aromatic carbocycles. The summed E-state index contributed by atoms with van der Waals surface area (Å²) in [5.41, 5.74) is 1.44. The Morgan fingerprint density at radius 1 is 1.02 bits per heavy atom. The molecular weight excluding hydrogens is 673 g/mol. The van der Waals surface area contributed by atoms with E-state index in [-0.39, 0.29) is 25.8 Å². The van der Waals surface area contributed by atoms with Crippen molar-refractivity contribution in [2.24, 2.45) is 17.8 Å². The van der Waals surface area contributed by atoms with Crippen LogP contribution in [0.15, 0.2) is 42.5 Å². The van der Waals surface area contributed by atoms with Gasteiger partial charge in [-0.05, 0) is 87.9 Å². The number of rotatable bonds is 13. The van der Waals surface area contributed by atoms with Gasteiger partial charge < -0.3 is 24.1 Å². The normalized spacial score (nSPS) is 20.0. The maximum atomic E-state index is 14.9. The van der Waals surface area contributed by atoms with Crippen molar-refractivity contribution in [3.8, 4) is 0 Å². The molecule has 0 radical (unpaired) electrons. The van der Waals surface area contributed by atoms with Crippen molar-refractivity contribution >= 4 is 31.4 Å². The summed E-state index contributed by atoms with van der Waals surface area (Å²) in [6.07, 6.45) is 2.15. The molecule has 2 unspecified atom stereocenters. The zero-order chi connectivity index (χ0) is 36.6. The van der Waals surface area contributed by atoms with Crippen LogP contribution in [-0.2, 0) is 27.5 Å². The first-order chi connectivity index (χ1) is 24.1. The molecule has 3 aromatic rings. The first-order valence-corrected chi connectivity index (χ1v) is 22.1. The number of hydrogen-bond donors (Lipinski definition) is 1. The monoisotopic (exact) mass is 725 g/mol. The molecule has 6 rings (SSSR count). The molecule has 278 valence electrons. The molecule has 3 aliphatic rings. The zero-order valence-corrected chi connectivity index (χ0v) is 31.8. The van der Waals surface area contributed by atoms with Gasteiger partial charge in [0.15, 0.2) is 5.65 Å². The van der Waals surface area contributed by atoms with Crippen LogP contribution in [0.5, 0.6) is 0 Å². The van der Waals surface area contributed by atoms with Crippen molar-refractivity contribution < 1.29 is 32.6 Å². The van der Waals surface area contributed by atoms with Gasteiger partial charge in [0.05, 0.1) is 23.3 Å². The summed E-state index contributed by atoms with van der Waals surface area (Å²) < 4.78 is 49.4. The number of likely N-dealkylation sites (tertiary alicyclic amines) is 1. The number of aromatic nitrogens is 3. The number of hydrogen-bond acceptors (Lipinski definition) is 7. The molecule has 3 fully saturated rings. The molecule has 2 amide bonds. The Labute approximate surface area is 300 Å². The van der Waals surface area contributed by atoms with Gasteiger partial charge in [-0.3, -0.25) is 4.90 Å². The Balaban J connectivity index is 1.36. The largest absolute Gasteiger partial charge is 0.445 e. The van der Waals surface area contributed by atoms with Crippen LogP contribution in [0.3, 0.4) is 0 Å². The summed E-state index contributed by atoms with van der Waals surface area (Å²) in [4.78, 5) is 38.0. The number of fused-ring (bicyclic) bond motifs is 1. The highest BCUT2D eigenvalue weighted by atomic mass is 28.3. The molecule has 0 bridgehead atoms. The first-order valence-electron chi connectivity index (χ1n) is 18.4. The molecule has 51 heavy (non-hydrogen) atoms.